The van der Waals surface area contributed by atoms with Crippen LogP contribution in [0, 0.1) is 0 Å². The summed E-state index contributed by atoms with van der Waals surface area (Å²) in [5, 5.41) is 10.2. The number of aromatic carboxylic acids is 1. The monoisotopic (exact) mass is 537 g/mol. The minimum absolute atomic E-state index is 0.247. The van der Waals surface area contributed by atoms with Crippen LogP contribution in [0.25, 0.3) is 0 Å². The first-order valence-electron chi connectivity index (χ1n) is 12.1. The molecule has 4 rings (SSSR count). The van der Waals surface area contributed by atoms with E-state index in [9.17, 15) is 9.90 Å². The number of thioether (sulfide) groups is 1. The van der Waals surface area contributed by atoms with Gasteiger partial charge < -0.3 is 14.7 Å². The average Bonchev–Trinajstić information content (AvgIpc) is 2.91. The van der Waals surface area contributed by atoms with Crippen LogP contribution in [0.2, 0.25) is 0 Å². The molecule has 0 saturated heterocycles. The Labute approximate surface area is 227 Å². The Kier molecular flexibility index (Phi) is 9.48. The van der Waals surface area contributed by atoms with Gasteiger partial charge in [-0.1, -0.05) is 48.2 Å². The molecule has 7 heteroatoms. The van der Waals surface area contributed by atoms with Crippen molar-refractivity contribution in [1.82, 2.24) is 0 Å². The van der Waals surface area contributed by atoms with Crippen LogP contribution in [0.15, 0.2) is 87.5 Å². The van der Waals surface area contributed by atoms with E-state index in [4.69, 9.17) is 17.0 Å². The number of anilines is 1. The second-order valence-electron chi connectivity index (χ2n) is 8.92. The molecule has 0 heterocycles. The van der Waals surface area contributed by atoms with Gasteiger partial charge in [-0.25, -0.2) is 4.79 Å². The van der Waals surface area contributed by atoms with Gasteiger partial charge in [0.1, 0.15) is 0 Å². The molecular weight excluding hydrogens is 507 g/mol. The molecule has 1 aliphatic rings. The molecule has 1 saturated carbocycles. The summed E-state index contributed by atoms with van der Waals surface area (Å²) in [7, 11) is 3.64. The number of carboxylic acids is 1. The second-order valence-corrected chi connectivity index (χ2v) is 11.9. The predicted molar refractivity (Wildman–Crippen MR) is 154 cm³/mol. The van der Waals surface area contributed by atoms with E-state index < -0.39 is 5.97 Å². The van der Waals surface area contributed by atoms with E-state index >= 15 is 0 Å². The minimum Gasteiger partial charge on any atom is -0.478 e. The fraction of sp³-hybridized carbons (Fsp3) is 0.310. The number of thiocarbonyl (C=S) groups is 1. The van der Waals surface area contributed by atoms with Crippen molar-refractivity contribution in [2.75, 3.05) is 19.1 Å². The third kappa shape index (κ3) is 7.13. The van der Waals surface area contributed by atoms with Gasteiger partial charge in [-0.05, 0) is 79.8 Å². The highest BCUT2D eigenvalue weighted by Crippen LogP contribution is 2.36. The van der Waals surface area contributed by atoms with Gasteiger partial charge in [0.15, 0.2) is 0 Å². The van der Waals surface area contributed by atoms with Gasteiger partial charge in [-0.2, -0.15) is 0 Å². The maximum atomic E-state index is 11.5. The summed E-state index contributed by atoms with van der Waals surface area (Å²) in [6.07, 6.45) is 5.78. The SMILES string of the molecule is COC1CCC(Sc2ccc(Sc3ccc(CC(=S)N(C)c4ccccc4C(=O)O)cc3)cc2)CC1. The molecule has 0 radical (unpaired) electrons. The zero-order chi connectivity index (χ0) is 25.5. The molecular formula is C29H31NO3S3. The van der Waals surface area contributed by atoms with Crippen molar-refractivity contribution >= 4 is 52.4 Å². The minimum atomic E-state index is -0.956. The number of nitrogens with zero attached hydrogens (tertiary/aromatic N) is 1. The lowest BCUT2D eigenvalue weighted by Gasteiger charge is -2.27. The Morgan fingerprint density at radius 2 is 1.53 bits per heavy atom. The third-order valence-electron chi connectivity index (χ3n) is 6.47. The summed E-state index contributed by atoms with van der Waals surface area (Å²) in [6, 6.07) is 24.2. The van der Waals surface area contributed by atoms with Crippen molar-refractivity contribution in [2.45, 2.75) is 58.1 Å². The maximum absolute atomic E-state index is 11.5. The topological polar surface area (TPSA) is 49.8 Å². The molecule has 0 bridgehead atoms. The Morgan fingerprint density at radius 3 is 2.14 bits per heavy atom. The lowest BCUT2D eigenvalue weighted by Crippen LogP contribution is -2.27. The molecule has 1 aliphatic carbocycles. The van der Waals surface area contributed by atoms with Gasteiger partial charge in [0.2, 0.25) is 0 Å². The Morgan fingerprint density at radius 1 is 0.944 bits per heavy atom. The molecule has 0 aliphatic heterocycles. The smallest absolute Gasteiger partial charge is 0.337 e. The highest BCUT2D eigenvalue weighted by atomic mass is 32.2. The predicted octanol–water partition coefficient (Wildman–Crippen LogP) is 7.59. The van der Waals surface area contributed by atoms with Crippen molar-refractivity contribution < 1.29 is 14.6 Å². The maximum Gasteiger partial charge on any atom is 0.337 e. The van der Waals surface area contributed by atoms with Gasteiger partial charge >= 0.3 is 5.97 Å². The molecule has 0 atom stereocenters. The fourth-order valence-electron chi connectivity index (χ4n) is 4.35. The summed E-state index contributed by atoms with van der Waals surface area (Å²) in [6.45, 7) is 0. The molecule has 0 unspecified atom stereocenters. The molecule has 0 amide bonds. The zero-order valence-corrected chi connectivity index (χ0v) is 23.0. The van der Waals surface area contributed by atoms with E-state index in [0.29, 0.717) is 28.5 Å². The van der Waals surface area contributed by atoms with Crippen molar-refractivity contribution in [3.63, 3.8) is 0 Å². The second kappa shape index (κ2) is 12.8. The van der Waals surface area contributed by atoms with Crippen molar-refractivity contribution in [3.05, 3.63) is 83.9 Å². The number of carbonyl (C=O) groups is 1. The largest absolute Gasteiger partial charge is 0.478 e. The summed E-state index contributed by atoms with van der Waals surface area (Å²) >= 11 is 9.36. The van der Waals surface area contributed by atoms with Crippen LogP contribution in [0.3, 0.4) is 0 Å². The fourth-order valence-corrected chi connectivity index (χ4v) is 6.62. The summed E-state index contributed by atoms with van der Waals surface area (Å²) in [5.41, 5.74) is 1.95. The van der Waals surface area contributed by atoms with Gasteiger partial charge in [0, 0.05) is 40.5 Å². The lowest BCUT2D eigenvalue weighted by molar-refractivity contribution is 0.0697. The normalized spacial score (nSPS) is 17.5. The number of rotatable bonds is 9. The number of hydrogen-bond acceptors (Lipinski definition) is 5. The lowest BCUT2D eigenvalue weighted by atomic mass is 9.97. The highest BCUT2D eigenvalue weighted by Gasteiger charge is 2.21. The first kappa shape index (κ1) is 26.7. The van der Waals surface area contributed by atoms with E-state index in [1.54, 1.807) is 34.9 Å². The first-order valence-corrected chi connectivity index (χ1v) is 14.2. The van der Waals surface area contributed by atoms with E-state index in [1.807, 2.05) is 32.0 Å². The van der Waals surface area contributed by atoms with Gasteiger partial charge in [-0.15, -0.1) is 11.8 Å². The van der Waals surface area contributed by atoms with E-state index in [1.165, 1.54) is 27.5 Å². The highest BCUT2D eigenvalue weighted by molar-refractivity contribution is 8.00. The molecule has 3 aromatic carbocycles. The van der Waals surface area contributed by atoms with Crippen LogP contribution < -0.4 is 4.90 Å². The molecule has 0 spiro atoms. The number of benzene rings is 3. The number of hydrogen-bond donors (Lipinski definition) is 1. The van der Waals surface area contributed by atoms with E-state index in [2.05, 4.69) is 48.5 Å². The van der Waals surface area contributed by atoms with Crippen LogP contribution in [-0.2, 0) is 11.2 Å². The first-order chi connectivity index (χ1) is 17.4. The van der Waals surface area contributed by atoms with Crippen LogP contribution >= 0.6 is 35.7 Å². The quantitative estimate of drug-likeness (QED) is 0.282. The van der Waals surface area contributed by atoms with E-state index in [-0.39, 0.29) is 5.56 Å². The molecule has 4 nitrogen and oxygen atoms in total. The van der Waals surface area contributed by atoms with Crippen LogP contribution in [0.1, 0.15) is 41.6 Å². The Bertz CT molecular complexity index is 1170. The molecule has 188 valence electrons. The van der Waals surface area contributed by atoms with Crippen molar-refractivity contribution in [2.24, 2.45) is 0 Å². The average molecular weight is 538 g/mol. The molecule has 3 aromatic rings. The van der Waals surface area contributed by atoms with Crippen molar-refractivity contribution in [1.29, 1.82) is 0 Å². The summed E-state index contributed by atoms with van der Waals surface area (Å²) < 4.78 is 5.49. The Hall–Kier alpha value is -2.32. The molecule has 36 heavy (non-hydrogen) atoms. The van der Waals surface area contributed by atoms with Gasteiger partial charge in [0.05, 0.1) is 22.3 Å². The number of ether oxygens (including phenoxy) is 1. The number of methoxy groups -OCH3 is 1. The molecule has 0 aromatic heterocycles. The summed E-state index contributed by atoms with van der Waals surface area (Å²) in [4.78, 5) is 17.7. The number of likely N-dealkylation sites (N-methyl/N-ethyl adjacent to an activating group) is 1. The van der Waals surface area contributed by atoms with Crippen LogP contribution in [-0.4, -0.2) is 41.6 Å². The van der Waals surface area contributed by atoms with E-state index in [0.717, 1.165) is 18.4 Å². The van der Waals surface area contributed by atoms with Gasteiger partial charge in [0.25, 0.3) is 0 Å². The molecule has 1 fully saturated rings. The van der Waals surface area contributed by atoms with Gasteiger partial charge in [-0.3, -0.25) is 0 Å². The Balaban J connectivity index is 1.30. The van der Waals surface area contributed by atoms with Crippen LogP contribution in [0.4, 0.5) is 5.69 Å². The number of carboxylic acid groups (broad SMARTS) is 1. The van der Waals surface area contributed by atoms with Crippen molar-refractivity contribution in [3.8, 4) is 0 Å². The van der Waals surface area contributed by atoms with Crippen LogP contribution in [0.5, 0.6) is 0 Å². The summed E-state index contributed by atoms with van der Waals surface area (Å²) in [5.74, 6) is -0.956. The zero-order valence-electron chi connectivity index (χ0n) is 20.6. The molecule has 1 N–H and O–H groups in total. The third-order valence-corrected chi connectivity index (χ3v) is 9.25. The number of para-hydroxylation sites is 1. The standard InChI is InChI=1S/C29H31NO3S3/c1-30(27-6-4-3-5-26(27)29(31)32)28(34)19-20-7-11-22(12-8-20)35-24-15-17-25(18-16-24)36-23-13-9-21(33-2)10-14-23/h3-8,11-12,15-18,21,23H,9-10,13-14,19H2,1-2H3,(H,31,32).